The van der Waals surface area contributed by atoms with E-state index in [0.717, 1.165) is 5.57 Å². The Morgan fingerprint density at radius 1 is 1.64 bits per heavy atom. The van der Waals surface area contributed by atoms with E-state index >= 15 is 0 Å². The summed E-state index contributed by atoms with van der Waals surface area (Å²) in [5.41, 5.74) is 1.49. The Kier molecular flexibility index (Phi) is 1.84. The van der Waals surface area contributed by atoms with E-state index in [1.165, 1.54) is 0 Å². The van der Waals surface area contributed by atoms with Gasteiger partial charge in [-0.15, -0.1) is 0 Å². The van der Waals surface area contributed by atoms with Crippen molar-refractivity contribution in [2.75, 3.05) is 0 Å². The van der Waals surface area contributed by atoms with Crippen molar-refractivity contribution in [3.8, 4) is 0 Å². The van der Waals surface area contributed by atoms with E-state index in [0.29, 0.717) is 12.0 Å². The average molecular weight is 191 g/mol. The number of carboxylic acid groups (broad SMARTS) is 1. The van der Waals surface area contributed by atoms with E-state index in [4.69, 9.17) is 5.11 Å². The predicted molar refractivity (Wildman–Crippen MR) is 54.5 cm³/mol. The van der Waals surface area contributed by atoms with E-state index in [2.05, 4.69) is 24.9 Å². The Morgan fingerprint density at radius 3 is 2.86 bits per heavy atom. The van der Waals surface area contributed by atoms with Crippen LogP contribution in [0.15, 0.2) is 28.3 Å². The van der Waals surface area contributed by atoms with Gasteiger partial charge in [0.05, 0.1) is 6.04 Å². The molecule has 0 fully saturated rings. The third-order valence-electron chi connectivity index (χ3n) is 2.77. The summed E-state index contributed by atoms with van der Waals surface area (Å²) in [6, 6.07) is 0.0265. The third-order valence-corrected chi connectivity index (χ3v) is 2.77. The van der Waals surface area contributed by atoms with Gasteiger partial charge in [0.15, 0.2) is 0 Å². The van der Waals surface area contributed by atoms with Crippen LogP contribution in [0.3, 0.4) is 0 Å². The van der Waals surface area contributed by atoms with Crippen molar-refractivity contribution in [3.05, 3.63) is 23.3 Å². The number of hydrogen-bond donors (Lipinski definition) is 1. The number of hydrogen-bond acceptors (Lipinski definition) is 2. The molecule has 1 heterocycles. The van der Waals surface area contributed by atoms with Crippen molar-refractivity contribution < 1.29 is 9.90 Å². The maximum Gasteiger partial charge on any atom is 0.331 e. The fourth-order valence-electron chi connectivity index (χ4n) is 1.87. The van der Waals surface area contributed by atoms with Gasteiger partial charge in [0, 0.05) is 23.6 Å². The molecule has 0 saturated carbocycles. The highest BCUT2D eigenvalue weighted by molar-refractivity contribution is 5.94. The van der Waals surface area contributed by atoms with E-state index in [9.17, 15) is 4.79 Å². The summed E-state index contributed by atoms with van der Waals surface area (Å²) in [5.74, 6) is -0.791. The van der Waals surface area contributed by atoms with Crippen molar-refractivity contribution in [1.29, 1.82) is 0 Å². The van der Waals surface area contributed by atoms with Gasteiger partial charge in [-0.2, -0.15) is 0 Å². The first kappa shape index (κ1) is 9.19. The second-order valence-electron chi connectivity index (χ2n) is 4.37. The Hall–Kier alpha value is -1.38. The summed E-state index contributed by atoms with van der Waals surface area (Å²) >= 11 is 0. The molecular formula is C11H13NO2. The molecule has 3 heteroatoms. The molecule has 1 atom stereocenters. The predicted octanol–water partition coefficient (Wildman–Crippen LogP) is 1.81. The van der Waals surface area contributed by atoms with Crippen molar-refractivity contribution in [2.24, 2.45) is 10.4 Å². The number of nitrogens with zero attached hydrogens (tertiary/aromatic N) is 1. The molecule has 1 N–H and O–H groups in total. The normalized spacial score (nSPS) is 28.0. The molecule has 0 bridgehead atoms. The lowest BCUT2D eigenvalue weighted by Crippen LogP contribution is -2.27. The smallest absolute Gasteiger partial charge is 0.331 e. The quantitative estimate of drug-likeness (QED) is 0.723. The lowest BCUT2D eigenvalue weighted by Gasteiger charge is -2.28. The third kappa shape index (κ3) is 1.39. The first-order valence-corrected chi connectivity index (χ1v) is 4.68. The van der Waals surface area contributed by atoms with Gasteiger partial charge in [-0.05, 0) is 11.6 Å². The number of allylic oxidation sites excluding steroid dienone is 1. The number of aliphatic imine (C=N–C) groups is 1. The van der Waals surface area contributed by atoms with E-state index in [1.807, 2.05) is 6.08 Å². The zero-order valence-corrected chi connectivity index (χ0v) is 8.32. The van der Waals surface area contributed by atoms with E-state index < -0.39 is 5.97 Å². The Balaban J connectivity index is 2.25. The van der Waals surface area contributed by atoms with Gasteiger partial charge in [0.1, 0.15) is 0 Å². The van der Waals surface area contributed by atoms with Crippen LogP contribution in [-0.4, -0.2) is 23.3 Å². The zero-order valence-electron chi connectivity index (χ0n) is 8.32. The van der Waals surface area contributed by atoms with Gasteiger partial charge < -0.3 is 5.11 Å². The molecule has 0 aromatic rings. The van der Waals surface area contributed by atoms with Crippen LogP contribution in [-0.2, 0) is 4.79 Å². The first-order valence-electron chi connectivity index (χ1n) is 4.68. The van der Waals surface area contributed by atoms with Crippen molar-refractivity contribution in [1.82, 2.24) is 0 Å². The van der Waals surface area contributed by atoms with Crippen LogP contribution < -0.4 is 0 Å². The van der Waals surface area contributed by atoms with E-state index in [-0.39, 0.29) is 11.5 Å². The summed E-state index contributed by atoms with van der Waals surface area (Å²) in [4.78, 5) is 15.0. The summed E-state index contributed by atoms with van der Waals surface area (Å²) in [6.45, 7) is 4.16. The molecule has 0 amide bonds. The van der Waals surface area contributed by atoms with E-state index in [1.54, 1.807) is 6.21 Å². The SMILES string of the molecule is CC1(C)C=CC=NC1C1=C(C(=O)O)C1. The summed E-state index contributed by atoms with van der Waals surface area (Å²) < 4.78 is 0. The maximum atomic E-state index is 10.7. The monoisotopic (exact) mass is 191 g/mol. The minimum atomic E-state index is -0.791. The lowest BCUT2D eigenvalue weighted by atomic mass is 9.81. The minimum Gasteiger partial charge on any atom is -0.478 e. The number of carbonyl (C=O) groups is 1. The molecule has 2 rings (SSSR count). The number of aliphatic carboxylic acids is 1. The second kappa shape index (κ2) is 2.80. The number of rotatable bonds is 2. The van der Waals surface area contributed by atoms with Gasteiger partial charge in [0.2, 0.25) is 0 Å². The molecule has 74 valence electrons. The van der Waals surface area contributed by atoms with Crippen LogP contribution in [0.5, 0.6) is 0 Å². The number of dihydropyridines is 1. The first-order chi connectivity index (χ1) is 6.52. The molecule has 0 aromatic carbocycles. The zero-order chi connectivity index (χ0) is 10.3. The molecule has 14 heavy (non-hydrogen) atoms. The maximum absolute atomic E-state index is 10.7. The summed E-state index contributed by atoms with van der Waals surface area (Å²) in [6.07, 6.45) is 6.37. The van der Waals surface area contributed by atoms with Gasteiger partial charge >= 0.3 is 5.97 Å². The summed E-state index contributed by atoms with van der Waals surface area (Å²) in [7, 11) is 0. The lowest BCUT2D eigenvalue weighted by molar-refractivity contribution is -0.132. The second-order valence-corrected chi connectivity index (χ2v) is 4.37. The molecule has 0 saturated heterocycles. The van der Waals surface area contributed by atoms with Crippen LogP contribution >= 0.6 is 0 Å². The highest BCUT2D eigenvalue weighted by atomic mass is 16.4. The number of carboxylic acids is 1. The highest BCUT2D eigenvalue weighted by Crippen LogP contribution is 2.43. The molecule has 1 unspecified atom stereocenters. The van der Waals surface area contributed by atoms with Crippen LogP contribution in [0.1, 0.15) is 20.3 Å². The largest absolute Gasteiger partial charge is 0.478 e. The van der Waals surface area contributed by atoms with Gasteiger partial charge in [-0.1, -0.05) is 19.9 Å². The highest BCUT2D eigenvalue weighted by Gasteiger charge is 2.40. The molecular weight excluding hydrogens is 178 g/mol. The molecule has 1 aliphatic heterocycles. The molecule has 0 aromatic heterocycles. The van der Waals surface area contributed by atoms with Crippen molar-refractivity contribution in [3.63, 3.8) is 0 Å². The molecule has 2 aliphatic rings. The fraction of sp³-hybridized carbons (Fsp3) is 0.455. The van der Waals surface area contributed by atoms with Crippen LogP contribution in [0.25, 0.3) is 0 Å². The Bertz CT molecular complexity index is 375. The summed E-state index contributed by atoms with van der Waals surface area (Å²) in [5, 5.41) is 8.80. The van der Waals surface area contributed by atoms with Crippen LogP contribution in [0.2, 0.25) is 0 Å². The van der Waals surface area contributed by atoms with Crippen molar-refractivity contribution in [2.45, 2.75) is 26.3 Å². The average Bonchev–Trinajstić information content (AvgIpc) is 2.82. The van der Waals surface area contributed by atoms with Gasteiger partial charge in [-0.25, -0.2) is 4.79 Å². The van der Waals surface area contributed by atoms with Gasteiger partial charge in [0.25, 0.3) is 0 Å². The van der Waals surface area contributed by atoms with Crippen molar-refractivity contribution >= 4 is 12.2 Å². The molecule has 1 aliphatic carbocycles. The Labute approximate surface area is 82.8 Å². The Morgan fingerprint density at radius 2 is 2.36 bits per heavy atom. The van der Waals surface area contributed by atoms with Crippen LogP contribution in [0, 0.1) is 5.41 Å². The minimum absolute atomic E-state index is 0.0265. The molecule has 0 radical (unpaired) electrons. The topological polar surface area (TPSA) is 49.7 Å². The standard InChI is InChI=1S/C11H13NO2/c1-11(2)4-3-5-12-9(11)7-6-8(7)10(13)14/h3-5,9H,6H2,1-2H3,(H,13,14). The van der Waals surface area contributed by atoms with Gasteiger partial charge in [-0.3, -0.25) is 4.99 Å². The molecule has 3 nitrogen and oxygen atoms in total. The van der Waals surface area contributed by atoms with Crippen LogP contribution in [0.4, 0.5) is 0 Å². The fourth-order valence-corrected chi connectivity index (χ4v) is 1.87. The molecule has 0 spiro atoms.